The van der Waals surface area contributed by atoms with Crippen molar-refractivity contribution >= 4 is 13.7 Å². The number of carboxylic acids is 1. The van der Waals surface area contributed by atoms with Crippen LogP contribution in [0, 0.1) is 5.92 Å². The molecule has 0 aromatic heterocycles. The molecule has 0 bridgehead atoms. The highest BCUT2D eigenvalue weighted by Gasteiger charge is 2.11. The van der Waals surface area contributed by atoms with Crippen molar-refractivity contribution in [2.24, 2.45) is 17.4 Å². The number of benzene rings is 2. The molecule has 29 heavy (non-hydrogen) atoms. The summed E-state index contributed by atoms with van der Waals surface area (Å²) in [6, 6.07) is 16.4. The summed E-state index contributed by atoms with van der Waals surface area (Å²) >= 11 is 0. The second-order valence-electron chi connectivity index (χ2n) is 6.98. The number of aliphatic carboxylic acids is 1. The molecule has 0 saturated carbocycles. The third-order valence-electron chi connectivity index (χ3n) is 3.88. The van der Waals surface area contributed by atoms with Crippen LogP contribution in [0.2, 0.25) is 0 Å². The molecule has 0 fully saturated rings. The number of hydrogen-bond donors (Lipinski definition) is 4. The summed E-state index contributed by atoms with van der Waals surface area (Å²) in [5, 5.41) is 16.9. The zero-order valence-corrected chi connectivity index (χ0v) is 16.9. The minimum absolute atomic E-state index is 0.314. The Morgan fingerprint density at radius 3 is 2.17 bits per heavy atom. The van der Waals surface area contributed by atoms with E-state index in [0.717, 1.165) is 23.3 Å². The fourth-order valence-corrected chi connectivity index (χ4v) is 2.40. The van der Waals surface area contributed by atoms with Gasteiger partial charge in [-0.2, -0.15) is 0 Å². The maximum Gasteiger partial charge on any atom is 0.486 e. The monoisotopic (exact) mass is 401 g/mol. The first-order valence-corrected chi connectivity index (χ1v) is 9.42. The van der Waals surface area contributed by atoms with E-state index in [-0.39, 0.29) is 6.23 Å². The largest absolute Gasteiger partial charge is 0.489 e. The predicted molar refractivity (Wildman–Crippen MR) is 113 cm³/mol. The van der Waals surface area contributed by atoms with Gasteiger partial charge in [-0.25, -0.2) is 0 Å². The summed E-state index contributed by atoms with van der Waals surface area (Å²) in [6.45, 7) is 4.59. The van der Waals surface area contributed by atoms with Crippen LogP contribution in [0.15, 0.2) is 54.6 Å². The van der Waals surface area contributed by atoms with Crippen molar-refractivity contribution in [3.8, 4) is 5.75 Å². The Bertz CT molecular complexity index is 698. The van der Waals surface area contributed by atoms with E-state index in [1.54, 1.807) is 0 Å². The lowest BCUT2D eigenvalue weighted by molar-refractivity contribution is -0.138. The normalized spacial score (nSPS) is 12.5. The summed E-state index contributed by atoms with van der Waals surface area (Å²) in [4.78, 5) is 10.7. The van der Waals surface area contributed by atoms with Gasteiger partial charge in [0.05, 0.1) is 6.23 Å². The fourth-order valence-electron chi connectivity index (χ4n) is 2.40. The molecule has 2 aromatic carbocycles. The quantitative estimate of drug-likeness (QED) is 0.354. The number of hydrogen-bond acceptors (Lipinski definition) is 6. The molecule has 1 radical (unpaired) electrons. The molecular formula is C21H30BN2O5. The van der Waals surface area contributed by atoms with Crippen molar-refractivity contribution in [1.29, 1.82) is 0 Å². The molecule has 0 spiro atoms. The molecule has 0 heterocycles. The zero-order valence-electron chi connectivity index (χ0n) is 16.9. The van der Waals surface area contributed by atoms with Gasteiger partial charge < -0.3 is 31.0 Å². The van der Waals surface area contributed by atoms with E-state index in [0.29, 0.717) is 26.6 Å². The summed E-state index contributed by atoms with van der Waals surface area (Å²) in [5.74, 6) is 0.260. The van der Waals surface area contributed by atoms with E-state index in [9.17, 15) is 4.79 Å². The Morgan fingerprint density at radius 1 is 1.03 bits per heavy atom. The highest BCUT2D eigenvalue weighted by molar-refractivity contribution is 6.15. The smallest absolute Gasteiger partial charge is 0.486 e. The first-order chi connectivity index (χ1) is 13.8. The maximum absolute atomic E-state index is 10.7. The van der Waals surface area contributed by atoms with Crippen molar-refractivity contribution in [3.63, 3.8) is 0 Å². The summed E-state index contributed by atoms with van der Waals surface area (Å²) in [7, 11) is 0.632. The number of rotatable bonds is 10. The van der Waals surface area contributed by atoms with Crippen LogP contribution in [0.3, 0.4) is 0 Å². The van der Waals surface area contributed by atoms with Gasteiger partial charge in [-0.3, -0.25) is 4.79 Å². The molecule has 2 rings (SSSR count). The molecular weight excluding hydrogens is 371 g/mol. The van der Waals surface area contributed by atoms with E-state index < -0.39 is 12.0 Å². The third kappa shape index (κ3) is 11.3. The molecule has 6 N–H and O–H groups in total. The van der Waals surface area contributed by atoms with Gasteiger partial charge in [0.25, 0.3) is 0 Å². The summed E-state index contributed by atoms with van der Waals surface area (Å²) < 4.78 is 10.2. The number of nitrogens with two attached hydrogens (primary N) is 2. The van der Waals surface area contributed by atoms with E-state index in [1.807, 2.05) is 68.4 Å². The molecule has 0 aliphatic rings. The van der Waals surface area contributed by atoms with Gasteiger partial charge in [0.15, 0.2) is 0 Å². The van der Waals surface area contributed by atoms with Crippen LogP contribution in [0.1, 0.15) is 31.4 Å². The Labute approximate surface area is 172 Å². The van der Waals surface area contributed by atoms with Crippen molar-refractivity contribution in [3.05, 3.63) is 65.7 Å². The van der Waals surface area contributed by atoms with Crippen LogP contribution in [-0.4, -0.2) is 36.1 Å². The van der Waals surface area contributed by atoms with Gasteiger partial charge in [0, 0.05) is 0 Å². The van der Waals surface area contributed by atoms with E-state index in [2.05, 4.69) is 4.65 Å². The minimum atomic E-state index is -0.991. The molecule has 0 saturated heterocycles. The highest BCUT2D eigenvalue weighted by atomic mass is 16.5. The Balaban J connectivity index is 0.000000396. The van der Waals surface area contributed by atoms with Gasteiger partial charge in [-0.05, 0) is 42.0 Å². The molecule has 0 aliphatic heterocycles. The molecule has 2 atom stereocenters. The Morgan fingerprint density at radius 2 is 1.66 bits per heavy atom. The minimum Gasteiger partial charge on any atom is -0.489 e. The van der Waals surface area contributed by atoms with E-state index in [1.165, 1.54) is 0 Å². The summed E-state index contributed by atoms with van der Waals surface area (Å²) in [6.07, 6.45) is 0.709. The van der Waals surface area contributed by atoms with Crippen molar-refractivity contribution in [2.45, 2.75) is 45.6 Å². The topological polar surface area (TPSA) is 128 Å². The average Bonchev–Trinajstić information content (AvgIpc) is 2.68. The molecule has 7 nitrogen and oxygen atoms in total. The maximum atomic E-state index is 10.7. The molecule has 2 aromatic rings. The average molecular weight is 401 g/mol. The van der Waals surface area contributed by atoms with Gasteiger partial charge in [-0.1, -0.05) is 56.3 Å². The van der Waals surface area contributed by atoms with Gasteiger partial charge in [-0.15, -0.1) is 0 Å². The highest BCUT2D eigenvalue weighted by Crippen LogP contribution is 2.15. The second kappa shape index (κ2) is 13.7. The van der Waals surface area contributed by atoms with Crippen molar-refractivity contribution in [1.82, 2.24) is 0 Å². The van der Waals surface area contributed by atoms with Crippen molar-refractivity contribution in [2.75, 3.05) is 0 Å². The molecule has 0 unspecified atom stereocenters. The van der Waals surface area contributed by atoms with Crippen LogP contribution < -0.4 is 16.2 Å². The van der Waals surface area contributed by atoms with Crippen molar-refractivity contribution < 1.29 is 24.3 Å². The first-order valence-electron chi connectivity index (χ1n) is 9.42. The summed E-state index contributed by atoms with van der Waals surface area (Å²) in [5.41, 5.74) is 12.8. The third-order valence-corrected chi connectivity index (χ3v) is 3.88. The number of ether oxygens (including phenoxy) is 1. The Hall–Kier alpha value is -2.39. The lowest BCUT2D eigenvalue weighted by atomic mass is 10.1. The molecule has 8 heteroatoms. The lowest BCUT2D eigenvalue weighted by Gasteiger charge is -2.12. The molecule has 157 valence electrons. The van der Waals surface area contributed by atoms with Gasteiger partial charge in [0.1, 0.15) is 18.4 Å². The van der Waals surface area contributed by atoms with Crippen LogP contribution in [0.25, 0.3) is 0 Å². The fraction of sp³-hybridized carbons (Fsp3) is 0.381. The van der Waals surface area contributed by atoms with Crippen LogP contribution in [-0.2, 0) is 22.5 Å². The van der Waals surface area contributed by atoms with Gasteiger partial charge in [0.2, 0.25) is 0 Å². The SMILES string of the molecule is CC(C)C[C@H](N)O[B]O.N[C@@H](Cc1ccc(OCc2ccccc2)cc1)C(=O)O. The van der Waals surface area contributed by atoms with E-state index in [4.69, 9.17) is 26.3 Å². The second-order valence-corrected chi connectivity index (χ2v) is 6.98. The predicted octanol–water partition coefficient (Wildman–Crippen LogP) is 2.08. The zero-order chi connectivity index (χ0) is 21.6. The number of carbonyl (C=O) groups is 1. The molecule has 0 amide bonds. The number of carboxylic acid groups (broad SMARTS) is 1. The van der Waals surface area contributed by atoms with Crippen LogP contribution in [0.5, 0.6) is 5.75 Å². The Kier molecular flexibility index (Phi) is 11.7. The molecule has 0 aliphatic carbocycles. The lowest BCUT2D eigenvalue weighted by Crippen LogP contribution is -2.32. The standard InChI is InChI=1S/C16H17NO3.C5H13BNO2/c17-15(16(18)19)10-12-6-8-14(9-7-12)20-11-13-4-2-1-3-5-13;1-4(2)3-5(7)9-6-8/h1-9,15H,10-11,17H2,(H,18,19);4-5,8H,3,7H2,1-2H3/t15-;5-/m01/s1. The van der Waals surface area contributed by atoms with Gasteiger partial charge >= 0.3 is 13.7 Å². The van der Waals surface area contributed by atoms with Crippen LogP contribution >= 0.6 is 0 Å². The van der Waals surface area contributed by atoms with Crippen LogP contribution in [0.4, 0.5) is 0 Å². The van der Waals surface area contributed by atoms with E-state index >= 15 is 0 Å². The first kappa shape index (κ1) is 24.7.